The van der Waals surface area contributed by atoms with Gasteiger partial charge in [0.05, 0.1) is 13.7 Å². The lowest BCUT2D eigenvalue weighted by molar-refractivity contribution is 0.328. The van der Waals surface area contributed by atoms with Crippen LogP contribution in [0, 0.1) is 0 Å². The van der Waals surface area contributed by atoms with E-state index in [1.807, 2.05) is 31.4 Å². The fraction of sp³-hybridized carbons (Fsp3) is 0.400. The lowest BCUT2D eigenvalue weighted by Gasteiger charge is -2.09. The van der Waals surface area contributed by atoms with Gasteiger partial charge in [-0.2, -0.15) is 0 Å². The van der Waals surface area contributed by atoms with Gasteiger partial charge in [-0.05, 0) is 25.3 Å². The topological polar surface area (TPSA) is 18.5 Å². The summed E-state index contributed by atoms with van der Waals surface area (Å²) in [5, 5.41) is 0. The Hall–Kier alpha value is -0.830. The van der Waals surface area contributed by atoms with E-state index in [9.17, 15) is 0 Å². The van der Waals surface area contributed by atoms with Crippen LogP contribution in [-0.4, -0.2) is 20.0 Å². The average molecular weight is 198 g/mol. The zero-order valence-corrected chi connectivity index (χ0v) is 8.98. The molecule has 0 aliphatic rings. The molecule has 72 valence electrons. The van der Waals surface area contributed by atoms with Crippen LogP contribution in [0.1, 0.15) is 6.92 Å². The van der Waals surface area contributed by atoms with Crippen molar-refractivity contribution >= 4 is 11.8 Å². The minimum absolute atomic E-state index is 0.681. The molecule has 0 atom stereocenters. The summed E-state index contributed by atoms with van der Waals surface area (Å²) >= 11 is 1.67. The lowest BCUT2D eigenvalue weighted by atomic mass is 10.3. The van der Waals surface area contributed by atoms with Crippen molar-refractivity contribution < 1.29 is 9.47 Å². The number of benzene rings is 1. The van der Waals surface area contributed by atoms with Crippen LogP contribution in [-0.2, 0) is 0 Å². The monoisotopic (exact) mass is 198 g/mol. The Morgan fingerprint density at radius 3 is 2.69 bits per heavy atom. The van der Waals surface area contributed by atoms with Crippen molar-refractivity contribution in [2.24, 2.45) is 0 Å². The SMILES string of the molecule is CCOc1cc(OC)ccc1SC. The van der Waals surface area contributed by atoms with Crippen molar-refractivity contribution in [2.45, 2.75) is 11.8 Å². The van der Waals surface area contributed by atoms with Crippen molar-refractivity contribution in [1.29, 1.82) is 0 Å². The van der Waals surface area contributed by atoms with Crippen molar-refractivity contribution in [3.05, 3.63) is 18.2 Å². The third-order valence-electron chi connectivity index (χ3n) is 1.67. The van der Waals surface area contributed by atoms with Crippen LogP contribution >= 0.6 is 11.8 Å². The lowest BCUT2D eigenvalue weighted by Crippen LogP contribution is -1.94. The van der Waals surface area contributed by atoms with Crippen LogP contribution in [0.2, 0.25) is 0 Å². The zero-order chi connectivity index (χ0) is 9.68. The molecule has 13 heavy (non-hydrogen) atoms. The van der Waals surface area contributed by atoms with Crippen LogP contribution < -0.4 is 9.47 Å². The molecule has 1 rings (SSSR count). The summed E-state index contributed by atoms with van der Waals surface area (Å²) in [5.74, 6) is 1.73. The highest BCUT2D eigenvalue weighted by Crippen LogP contribution is 2.31. The molecule has 0 N–H and O–H groups in total. The van der Waals surface area contributed by atoms with Gasteiger partial charge in [-0.25, -0.2) is 0 Å². The summed E-state index contributed by atoms with van der Waals surface area (Å²) in [6.45, 7) is 2.66. The number of rotatable bonds is 4. The highest BCUT2D eigenvalue weighted by Gasteiger charge is 2.03. The van der Waals surface area contributed by atoms with Crippen molar-refractivity contribution in [1.82, 2.24) is 0 Å². The van der Waals surface area contributed by atoms with Gasteiger partial charge in [0.1, 0.15) is 11.5 Å². The molecule has 0 aliphatic heterocycles. The van der Waals surface area contributed by atoms with Gasteiger partial charge in [0.25, 0.3) is 0 Å². The highest BCUT2D eigenvalue weighted by molar-refractivity contribution is 7.98. The molecular weight excluding hydrogens is 184 g/mol. The van der Waals surface area contributed by atoms with Crippen LogP contribution in [0.25, 0.3) is 0 Å². The molecule has 0 unspecified atom stereocenters. The Balaban J connectivity index is 2.95. The summed E-state index contributed by atoms with van der Waals surface area (Å²) < 4.78 is 10.6. The molecule has 1 aromatic rings. The summed E-state index contributed by atoms with van der Waals surface area (Å²) in [7, 11) is 1.66. The van der Waals surface area contributed by atoms with Gasteiger partial charge in [0.15, 0.2) is 0 Å². The number of ether oxygens (including phenoxy) is 2. The van der Waals surface area contributed by atoms with E-state index in [-0.39, 0.29) is 0 Å². The molecule has 0 amide bonds. The molecular formula is C10H14O2S. The van der Waals surface area contributed by atoms with Gasteiger partial charge < -0.3 is 9.47 Å². The Labute approximate surface area is 83.2 Å². The first-order valence-corrected chi connectivity index (χ1v) is 5.39. The van der Waals surface area contributed by atoms with Gasteiger partial charge in [-0.15, -0.1) is 11.8 Å². The Kier molecular flexibility index (Phi) is 3.96. The zero-order valence-electron chi connectivity index (χ0n) is 8.16. The normalized spacial score (nSPS) is 9.77. The van der Waals surface area contributed by atoms with Gasteiger partial charge >= 0.3 is 0 Å². The molecule has 0 heterocycles. The van der Waals surface area contributed by atoms with E-state index in [2.05, 4.69) is 0 Å². The van der Waals surface area contributed by atoms with Crippen LogP contribution in [0.5, 0.6) is 11.5 Å². The molecule has 0 bridgehead atoms. The van der Waals surface area contributed by atoms with Crippen LogP contribution in [0.3, 0.4) is 0 Å². The molecule has 3 heteroatoms. The number of methoxy groups -OCH3 is 1. The van der Waals surface area contributed by atoms with Crippen molar-refractivity contribution in [2.75, 3.05) is 20.0 Å². The molecule has 0 aromatic heterocycles. The first-order chi connectivity index (χ1) is 6.31. The van der Waals surface area contributed by atoms with E-state index >= 15 is 0 Å². The third-order valence-corrected chi connectivity index (χ3v) is 2.45. The second-order valence-electron chi connectivity index (χ2n) is 2.45. The van der Waals surface area contributed by atoms with Gasteiger partial charge in [-0.3, -0.25) is 0 Å². The molecule has 0 radical (unpaired) electrons. The maximum absolute atomic E-state index is 5.47. The van der Waals surface area contributed by atoms with Crippen LogP contribution in [0.15, 0.2) is 23.1 Å². The summed E-state index contributed by atoms with van der Waals surface area (Å²) in [5.41, 5.74) is 0. The summed E-state index contributed by atoms with van der Waals surface area (Å²) in [6.07, 6.45) is 2.03. The quantitative estimate of drug-likeness (QED) is 0.693. The number of thioether (sulfide) groups is 1. The summed E-state index contributed by atoms with van der Waals surface area (Å²) in [6, 6.07) is 5.86. The van der Waals surface area contributed by atoms with E-state index in [0.717, 1.165) is 16.4 Å². The minimum Gasteiger partial charge on any atom is -0.497 e. The largest absolute Gasteiger partial charge is 0.497 e. The Morgan fingerprint density at radius 2 is 2.15 bits per heavy atom. The fourth-order valence-electron chi connectivity index (χ4n) is 1.05. The van der Waals surface area contributed by atoms with Gasteiger partial charge in [0, 0.05) is 11.0 Å². The van der Waals surface area contributed by atoms with Gasteiger partial charge in [0.2, 0.25) is 0 Å². The standard InChI is InChI=1S/C10H14O2S/c1-4-12-9-7-8(11-2)5-6-10(9)13-3/h5-7H,4H2,1-3H3. The van der Waals surface area contributed by atoms with E-state index in [4.69, 9.17) is 9.47 Å². The maximum Gasteiger partial charge on any atom is 0.136 e. The van der Waals surface area contributed by atoms with Gasteiger partial charge in [-0.1, -0.05) is 0 Å². The second kappa shape index (κ2) is 5.02. The Morgan fingerprint density at radius 1 is 1.38 bits per heavy atom. The minimum atomic E-state index is 0.681. The van der Waals surface area contributed by atoms with E-state index in [1.165, 1.54) is 0 Å². The molecule has 1 aromatic carbocycles. The smallest absolute Gasteiger partial charge is 0.136 e. The van der Waals surface area contributed by atoms with E-state index < -0.39 is 0 Å². The number of hydrogen-bond acceptors (Lipinski definition) is 3. The molecule has 2 nitrogen and oxygen atoms in total. The first kappa shape index (κ1) is 10.3. The third kappa shape index (κ3) is 2.56. The van der Waals surface area contributed by atoms with Crippen LogP contribution in [0.4, 0.5) is 0 Å². The molecule has 0 spiro atoms. The molecule has 0 saturated carbocycles. The van der Waals surface area contributed by atoms with Crippen molar-refractivity contribution in [3.63, 3.8) is 0 Å². The molecule has 0 fully saturated rings. The second-order valence-corrected chi connectivity index (χ2v) is 3.30. The molecule has 0 aliphatic carbocycles. The average Bonchev–Trinajstić information content (AvgIpc) is 2.18. The Bertz CT molecular complexity index is 274. The summed E-state index contributed by atoms with van der Waals surface area (Å²) in [4.78, 5) is 1.14. The predicted molar refractivity (Wildman–Crippen MR) is 55.9 cm³/mol. The maximum atomic E-state index is 5.47. The first-order valence-electron chi connectivity index (χ1n) is 4.16. The number of hydrogen-bond donors (Lipinski definition) is 0. The fourth-order valence-corrected chi connectivity index (χ4v) is 1.58. The predicted octanol–water partition coefficient (Wildman–Crippen LogP) is 2.82. The van der Waals surface area contributed by atoms with Crippen molar-refractivity contribution in [3.8, 4) is 11.5 Å². The van der Waals surface area contributed by atoms with E-state index in [0.29, 0.717) is 6.61 Å². The van der Waals surface area contributed by atoms with E-state index in [1.54, 1.807) is 18.9 Å². The molecule has 0 saturated heterocycles. The highest BCUT2D eigenvalue weighted by atomic mass is 32.2.